The molecule has 0 saturated carbocycles. The second kappa shape index (κ2) is 8.29. The van der Waals surface area contributed by atoms with Crippen LogP contribution in [0, 0.1) is 5.82 Å². The van der Waals surface area contributed by atoms with Gasteiger partial charge in [-0.15, -0.1) is 0 Å². The molecule has 0 fully saturated rings. The smallest absolute Gasteiger partial charge is 0.340 e. The highest BCUT2D eigenvalue weighted by Crippen LogP contribution is 2.25. The summed E-state index contributed by atoms with van der Waals surface area (Å²) in [4.78, 5) is 35.6. The summed E-state index contributed by atoms with van der Waals surface area (Å²) in [5, 5.41) is 2.20. The number of hydrogen-bond donors (Lipinski definition) is 1. The van der Waals surface area contributed by atoms with Crippen LogP contribution in [0.3, 0.4) is 0 Å². The van der Waals surface area contributed by atoms with Gasteiger partial charge in [0.05, 0.1) is 15.6 Å². The number of esters is 1. The third-order valence-electron chi connectivity index (χ3n) is 3.42. The van der Waals surface area contributed by atoms with E-state index in [4.69, 9.17) is 27.9 Å². The topological polar surface area (TPSA) is 72.5 Å². The van der Waals surface area contributed by atoms with E-state index in [2.05, 4.69) is 5.32 Å². The Balaban J connectivity index is 2.07. The minimum absolute atomic E-state index is 0.0943. The monoisotopic (exact) mass is 397 g/mol. The number of nitrogens with one attached hydrogen (secondary N) is 1. The number of ketones is 1. The average Bonchev–Trinajstić information content (AvgIpc) is 2.58. The molecule has 2 aromatic rings. The van der Waals surface area contributed by atoms with E-state index in [1.54, 1.807) is 18.2 Å². The molecule has 1 N–H and O–H groups in total. The third kappa shape index (κ3) is 4.80. The maximum atomic E-state index is 13.5. The first-order chi connectivity index (χ1) is 12.2. The van der Waals surface area contributed by atoms with Crippen LogP contribution in [0.1, 0.15) is 34.6 Å². The van der Waals surface area contributed by atoms with Gasteiger partial charge in [0.15, 0.2) is 11.9 Å². The summed E-state index contributed by atoms with van der Waals surface area (Å²) in [6, 6.07) is 8.23. The number of halogens is 3. The Morgan fingerprint density at radius 1 is 1.12 bits per heavy atom. The summed E-state index contributed by atoms with van der Waals surface area (Å²) in [5.41, 5.74) is 0.559. The lowest BCUT2D eigenvalue weighted by molar-refractivity contribution is -0.123. The predicted octanol–water partition coefficient (Wildman–Crippen LogP) is 4.52. The van der Waals surface area contributed by atoms with Gasteiger partial charge in [0.1, 0.15) is 5.82 Å². The Bertz CT molecular complexity index is 885. The van der Waals surface area contributed by atoms with Gasteiger partial charge in [0, 0.05) is 11.3 Å². The summed E-state index contributed by atoms with van der Waals surface area (Å²) in [6.45, 7) is 2.75. The SMILES string of the molecule is CC(=O)c1cccc(NC(=O)[C@H](C)OC(=O)c2cc(F)c(Cl)cc2Cl)c1. The first kappa shape index (κ1) is 19.9. The van der Waals surface area contributed by atoms with Gasteiger partial charge >= 0.3 is 5.97 Å². The van der Waals surface area contributed by atoms with Crippen LogP contribution in [0.25, 0.3) is 0 Å². The van der Waals surface area contributed by atoms with Crippen molar-refractivity contribution in [2.45, 2.75) is 20.0 Å². The first-order valence-electron chi connectivity index (χ1n) is 7.46. The van der Waals surface area contributed by atoms with Crippen LogP contribution in [0.2, 0.25) is 10.0 Å². The fourth-order valence-electron chi connectivity index (χ4n) is 2.02. The molecule has 2 rings (SSSR count). The van der Waals surface area contributed by atoms with Crippen molar-refractivity contribution in [3.05, 3.63) is 63.4 Å². The largest absolute Gasteiger partial charge is 0.449 e. The Hall–Kier alpha value is -2.44. The van der Waals surface area contributed by atoms with E-state index in [0.29, 0.717) is 11.3 Å². The Kier molecular flexibility index (Phi) is 6.34. The number of carbonyl (C=O) groups is 3. The van der Waals surface area contributed by atoms with Crippen LogP contribution in [0.4, 0.5) is 10.1 Å². The van der Waals surface area contributed by atoms with E-state index >= 15 is 0 Å². The summed E-state index contributed by atoms with van der Waals surface area (Å²) in [7, 11) is 0. The number of ether oxygens (including phenoxy) is 1. The number of carbonyl (C=O) groups excluding carboxylic acids is 3. The minimum atomic E-state index is -1.18. The van der Waals surface area contributed by atoms with Gasteiger partial charge in [-0.1, -0.05) is 35.3 Å². The molecule has 0 aliphatic rings. The fourth-order valence-corrected chi connectivity index (χ4v) is 2.48. The van der Waals surface area contributed by atoms with Gasteiger partial charge in [-0.2, -0.15) is 0 Å². The molecule has 1 amide bonds. The van der Waals surface area contributed by atoms with E-state index < -0.39 is 23.8 Å². The van der Waals surface area contributed by atoms with Gasteiger partial charge in [-0.25, -0.2) is 9.18 Å². The summed E-state index contributed by atoms with van der Waals surface area (Å²) in [6.07, 6.45) is -1.18. The molecule has 5 nitrogen and oxygen atoms in total. The van der Waals surface area contributed by atoms with E-state index in [-0.39, 0.29) is 21.4 Å². The van der Waals surface area contributed by atoms with Crippen LogP contribution in [-0.4, -0.2) is 23.8 Å². The third-order valence-corrected chi connectivity index (χ3v) is 4.02. The molecule has 0 aliphatic carbocycles. The first-order valence-corrected chi connectivity index (χ1v) is 8.22. The quantitative estimate of drug-likeness (QED) is 0.457. The van der Waals surface area contributed by atoms with E-state index in [1.165, 1.54) is 19.9 Å². The van der Waals surface area contributed by atoms with Crippen LogP contribution >= 0.6 is 23.2 Å². The summed E-state index contributed by atoms with van der Waals surface area (Å²) >= 11 is 11.4. The van der Waals surface area contributed by atoms with Gasteiger partial charge < -0.3 is 10.1 Å². The van der Waals surface area contributed by atoms with Gasteiger partial charge in [-0.3, -0.25) is 9.59 Å². The van der Waals surface area contributed by atoms with Crippen molar-refractivity contribution in [2.24, 2.45) is 0 Å². The van der Waals surface area contributed by atoms with Gasteiger partial charge in [-0.05, 0) is 38.1 Å². The maximum absolute atomic E-state index is 13.5. The molecule has 0 aliphatic heterocycles. The fraction of sp³-hybridized carbons (Fsp3) is 0.167. The molecule has 1 atom stereocenters. The normalized spacial score (nSPS) is 11.6. The molecule has 0 radical (unpaired) electrons. The van der Waals surface area contributed by atoms with Crippen molar-refractivity contribution in [2.75, 3.05) is 5.32 Å². The Morgan fingerprint density at radius 3 is 2.46 bits per heavy atom. The lowest BCUT2D eigenvalue weighted by Gasteiger charge is -2.14. The zero-order valence-corrected chi connectivity index (χ0v) is 15.3. The molecule has 0 aromatic heterocycles. The highest BCUT2D eigenvalue weighted by Gasteiger charge is 2.22. The zero-order valence-electron chi connectivity index (χ0n) is 13.8. The molecule has 8 heteroatoms. The molecular formula is C18H14Cl2FNO4. The van der Waals surface area contributed by atoms with Crippen molar-refractivity contribution in [3.8, 4) is 0 Å². The molecule has 26 heavy (non-hydrogen) atoms. The molecule has 0 saturated heterocycles. The van der Waals surface area contributed by atoms with Crippen LogP contribution < -0.4 is 5.32 Å². The molecule has 0 bridgehead atoms. The van der Waals surface area contributed by atoms with Crippen molar-refractivity contribution < 1.29 is 23.5 Å². The minimum Gasteiger partial charge on any atom is -0.449 e. The van der Waals surface area contributed by atoms with Crippen LogP contribution in [0.15, 0.2) is 36.4 Å². The van der Waals surface area contributed by atoms with Crippen molar-refractivity contribution in [1.29, 1.82) is 0 Å². The molecule has 136 valence electrons. The number of benzene rings is 2. The van der Waals surface area contributed by atoms with Crippen LogP contribution in [0.5, 0.6) is 0 Å². The standard InChI is InChI=1S/C18H14Cl2FNO4/c1-9(23)11-4-3-5-12(6-11)22-17(24)10(2)26-18(25)13-7-16(21)15(20)8-14(13)19/h3-8,10H,1-2H3,(H,22,24)/t10-/m0/s1. The highest BCUT2D eigenvalue weighted by atomic mass is 35.5. The van der Waals surface area contributed by atoms with E-state index in [1.807, 2.05) is 0 Å². The van der Waals surface area contributed by atoms with Crippen LogP contribution in [-0.2, 0) is 9.53 Å². The molecular weight excluding hydrogens is 384 g/mol. The number of Topliss-reactive ketones (excluding diaryl/α,β-unsaturated/α-hetero) is 1. The number of hydrogen-bond acceptors (Lipinski definition) is 4. The lowest BCUT2D eigenvalue weighted by atomic mass is 10.1. The molecule has 0 heterocycles. The van der Waals surface area contributed by atoms with Crippen molar-refractivity contribution in [3.63, 3.8) is 0 Å². The zero-order chi connectivity index (χ0) is 19.4. The molecule has 0 unspecified atom stereocenters. The highest BCUT2D eigenvalue weighted by molar-refractivity contribution is 6.36. The average molecular weight is 398 g/mol. The van der Waals surface area contributed by atoms with Gasteiger partial charge in [0.25, 0.3) is 5.91 Å². The van der Waals surface area contributed by atoms with E-state index in [0.717, 1.165) is 12.1 Å². The summed E-state index contributed by atoms with van der Waals surface area (Å²) in [5.74, 6) is -2.57. The van der Waals surface area contributed by atoms with E-state index in [9.17, 15) is 18.8 Å². The number of anilines is 1. The number of amides is 1. The molecule has 0 spiro atoms. The lowest BCUT2D eigenvalue weighted by Crippen LogP contribution is -2.30. The second-order valence-electron chi connectivity index (χ2n) is 5.42. The predicted molar refractivity (Wildman–Crippen MR) is 96.4 cm³/mol. The van der Waals surface area contributed by atoms with Gasteiger partial charge in [0.2, 0.25) is 0 Å². The summed E-state index contributed by atoms with van der Waals surface area (Å²) < 4.78 is 18.5. The Morgan fingerprint density at radius 2 is 1.81 bits per heavy atom. The van der Waals surface area contributed by atoms with Crippen molar-refractivity contribution >= 4 is 46.5 Å². The Labute approximate surface area is 159 Å². The van der Waals surface area contributed by atoms with Crippen molar-refractivity contribution in [1.82, 2.24) is 0 Å². The maximum Gasteiger partial charge on any atom is 0.340 e. The second-order valence-corrected chi connectivity index (χ2v) is 6.23. The molecule has 2 aromatic carbocycles. The number of rotatable bonds is 5.